The van der Waals surface area contributed by atoms with E-state index in [4.69, 9.17) is 0 Å². The third kappa shape index (κ3) is 4.70. The van der Waals surface area contributed by atoms with Crippen molar-refractivity contribution in [1.29, 1.82) is 0 Å². The number of urea groups is 1. The van der Waals surface area contributed by atoms with Crippen molar-refractivity contribution < 1.29 is 14.2 Å². The first-order chi connectivity index (χ1) is 10.7. The van der Waals surface area contributed by atoms with Gasteiger partial charge in [-0.15, -0.1) is 0 Å². The summed E-state index contributed by atoms with van der Waals surface area (Å²) in [6.07, 6.45) is 4.52. The van der Waals surface area contributed by atoms with Crippen LogP contribution < -0.4 is 15.2 Å². The number of benzene rings is 1. The van der Waals surface area contributed by atoms with Crippen LogP contribution in [-0.4, -0.2) is 18.5 Å². The van der Waals surface area contributed by atoms with E-state index in [1.165, 1.54) is 0 Å². The van der Waals surface area contributed by atoms with Gasteiger partial charge in [0.05, 0.1) is 0 Å². The topological polar surface area (TPSA) is 62.1 Å². The van der Waals surface area contributed by atoms with Crippen LogP contribution in [0.4, 0.5) is 4.79 Å². The number of amides is 3. The smallest absolute Gasteiger partial charge is 0.321 e. The van der Waals surface area contributed by atoms with Gasteiger partial charge in [0.25, 0.3) is 5.91 Å². The number of rotatable bonds is 5. The Morgan fingerprint density at radius 3 is 2.50 bits per heavy atom. The molecule has 0 saturated heterocycles. The van der Waals surface area contributed by atoms with Crippen molar-refractivity contribution in [3.8, 4) is 11.1 Å². The van der Waals surface area contributed by atoms with Gasteiger partial charge in [-0.3, -0.25) is 10.1 Å². The molecule has 5 heteroatoms. The van der Waals surface area contributed by atoms with Gasteiger partial charge in [-0.05, 0) is 18.1 Å². The highest BCUT2D eigenvalue weighted by atomic mass is 16.2. The van der Waals surface area contributed by atoms with E-state index in [1.54, 1.807) is 10.8 Å². The Morgan fingerprint density at radius 2 is 1.77 bits per heavy atom. The predicted octanol–water partition coefficient (Wildman–Crippen LogP) is 1.88. The third-order valence-corrected chi connectivity index (χ3v) is 3.08. The van der Waals surface area contributed by atoms with Crippen LogP contribution in [0.15, 0.2) is 54.9 Å². The van der Waals surface area contributed by atoms with Crippen molar-refractivity contribution in [3.05, 3.63) is 54.9 Å². The number of carbonyl (C=O) groups is 2. The fourth-order valence-corrected chi connectivity index (χ4v) is 2.04. The molecular formula is C17H20N3O2+. The summed E-state index contributed by atoms with van der Waals surface area (Å²) < 4.78 is 1.75. The van der Waals surface area contributed by atoms with Gasteiger partial charge in [0, 0.05) is 18.2 Å². The molecule has 0 aliphatic carbocycles. The van der Waals surface area contributed by atoms with E-state index in [0.717, 1.165) is 17.5 Å². The van der Waals surface area contributed by atoms with E-state index in [2.05, 4.69) is 10.6 Å². The molecule has 1 aromatic carbocycles. The predicted molar refractivity (Wildman–Crippen MR) is 83.9 cm³/mol. The zero-order valence-corrected chi connectivity index (χ0v) is 12.6. The number of nitrogens with zero attached hydrogens (tertiary/aromatic N) is 1. The van der Waals surface area contributed by atoms with Crippen molar-refractivity contribution in [2.24, 2.45) is 0 Å². The molecule has 2 rings (SSSR count). The summed E-state index contributed by atoms with van der Waals surface area (Å²) in [5.41, 5.74) is 2.10. The second-order valence-electron chi connectivity index (χ2n) is 4.94. The molecule has 0 radical (unpaired) electrons. The van der Waals surface area contributed by atoms with Crippen LogP contribution in [-0.2, 0) is 11.3 Å². The highest BCUT2D eigenvalue weighted by Gasteiger charge is 2.13. The van der Waals surface area contributed by atoms with Crippen LogP contribution in [0.5, 0.6) is 0 Å². The van der Waals surface area contributed by atoms with E-state index in [-0.39, 0.29) is 12.5 Å². The van der Waals surface area contributed by atoms with Crippen LogP contribution in [0, 0.1) is 0 Å². The monoisotopic (exact) mass is 298 g/mol. The van der Waals surface area contributed by atoms with Crippen LogP contribution in [0.3, 0.4) is 0 Å². The lowest BCUT2D eigenvalue weighted by Crippen LogP contribution is -2.47. The maximum atomic E-state index is 11.8. The number of nitrogens with one attached hydrogen (secondary N) is 2. The first-order valence-corrected chi connectivity index (χ1v) is 7.31. The summed E-state index contributed by atoms with van der Waals surface area (Å²) in [5.74, 6) is -0.344. The lowest BCUT2D eigenvalue weighted by Gasteiger charge is -2.04. The molecule has 0 atom stereocenters. The highest BCUT2D eigenvalue weighted by molar-refractivity contribution is 5.93. The Bertz CT molecular complexity index is 641. The summed E-state index contributed by atoms with van der Waals surface area (Å²) in [4.78, 5) is 23.3. The average molecular weight is 298 g/mol. The van der Waals surface area contributed by atoms with E-state index in [0.29, 0.717) is 6.54 Å². The second kappa shape index (κ2) is 7.93. The van der Waals surface area contributed by atoms with Gasteiger partial charge in [0.15, 0.2) is 12.4 Å². The Balaban J connectivity index is 1.99. The standard InChI is InChI=1S/C17H19N3O2/c1-2-10-18-17(22)19-16(21)13-20-11-6-9-15(12-20)14-7-4-3-5-8-14/h3-9,11-12H,2,10,13H2,1H3,(H-,18,19,21,22)/p+1. The molecule has 0 aliphatic rings. The molecule has 2 aromatic rings. The average Bonchev–Trinajstić information content (AvgIpc) is 2.54. The number of imide groups is 1. The van der Waals surface area contributed by atoms with E-state index < -0.39 is 6.03 Å². The number of hydrogen-bond donors (Lipinski definition) is 2. The van der Waals surface area contributed by atoms with Gasteiger partial charge < -0.3 is 5.32 Å². The molecule has 2 N–H and O–H groups in total. The molecule has 1 aromatic heterocycles. The number of hydrogen-bond acceptors (Lipinski definition) is 2. The van der Waals surface area contributed by atoms with Gasteiger partial charge >= 0.3 is 6.03 Å². The molecule has 0 aliphatic heterocycles. The SMILES string of the molecule is CCCNC(=O)NC(=O)C[n+]1cccc(-c2ccccc2)c1. The van der Waals surface area contributed by atoms with E-state index in [1.807, 2.05) is 55.6 Å². The van der Waals surface area contributed by atoms with Gasteiger partial charge in [0.2, 0.25) is 6.54 Å². The number of aromatic nitrogens is 1. The summed E-state index contributed by atoms with van der Waals surface area (Å²) in [7, 11) is 0. The highest BCUT2D eigenvalue weighted by Crippen LogP contribution is 2.15. The summed E-state index contributed by atoms with van der Waals surface area (Å²) in [5, 5.41) is 4.92. The molecule has 5 nitrogen and oxygen atoms in total. The summed E-state index contributed by atoms with van der Waals surface area (Å²) in [6, 6.07) is 13.3. The molecular weight excluding hydrogens is 278 g/mol. The molecule has 0 spiro atoms. The Hall–Kier alpha value is -2.69. The minimum absolute atomic E-state index is 0.0974. The fourth-order valence-electron chi connectivity index (χ4n) is 2.04. The molecule has 0 unspecified atom stereocenters. The van der Waals surface area contributed by atoms with Crippen LogP contribution >= 0.6 is 0 Å². The normalized spacial score (nSPS) is 10.0. The van der Waals surface area contributed by atoms with Crippen LogP contribution in [0.1, 0.15) is 13.3 Å². The number of carbonyl (C=O) groups excluding carboxylic acids is 2. The molecule has 3 amide bonds. The Morgan fingerprint density at radius 1 is 1.05 bits per heavy atom. The first kappa shape index (κ1) is 15.7. The maximum absolute atomic E-state index is 11.8. The van der Waals surface area contributed by atoms with Gasteiger partial charge in [-0.2, -0.15) is 4.57 Å². The zero-order valence-electron chi connectivity index (χ0n) is 12.6. The lowest BCUT2D eigenvalue weighted by molar-refractivity contribution is -0.683. The largest absolute Gasteiger partial charge is 0.338 e. The molecule has 1 heterocycles. The lowest BCUT2D eigenvalue weighted by atomic mass is 10.1. The molecule has 0 saturated carbocycles. The minimum atomic E-state index is -0.452. The van der Waals surface area contributed by atoms with Gasteiger partial charge in [-0.25, -0.2) is 4.79 Å². The van der Waals surface area contributed by atoms with Gasteiger partial charge in [-0.1, -0.05) is 37.3 Å². The van der Waals surface area contributed by atoms with Gasteiger partial charge in [0.1, 0.15) is 0 Å². The molecule has 0 fully saturated rings. The van der Waals surface area contributed by atoms with Crippen LogP contribution in [0.2, 0.25) is 0 Å². The zero-order chi connectivity index (χ0) is 15.8. The van der Waals surface area contributed by atoms with Crippen molar-refractivity contribution in [2.45, 2.75) is 19.9 Å². The van der Waals surface area contributed by atoms with E-state index in [9.17, 15) is 9.59 Å². The molecule has 22 heavy (non-hydrogen) atoms. The van der Waals surface area contributed by atoms with Crippen molar-refractivity contribution in [1.82, 2.24) is 10.6 Å². The van der Waals surface area contributed by atoms with E-state index >= 15 is 0 Å². The summed E-state index contributed by atoms with van der Waals surface area (Å²) >= 11 is 0. The first-order valence-electron chi connectivity index (χ1n) is 7.31. The quantitative estimate of drug-likeness (QED) is 0.828. The minimum Gasteiger partial charge on any atom is -0.338 e. The molecule has 114 valence electrons. The summed E-state index contributed by atoms with van der Waals surface area (Å²) in [6.45, 7) is 2.60. The second-order valence-corrected chi connectivity index (χ2v) is 4.94. The Kier molecular flexibility index (Phi) is 5.65. The van der Waals surface area contributed by atoms with Crippen molar-refractivity contribution >= 4 is 11.9 Å². The van der Waals surface area contributed by atoms with Crippen LogP contribution in [0.25, 0.3) is 11.1 Å². The maximum Gasteiger partial charge on any atom is 0.321 e. The van der Waals surface area contributed by atoms with Crippen molar-refractivity contribution in [2.75, 3.05) is 6.54 Å². The van der Waals surface area contributed by atoms with Crippen molar-refractivity contribution in [3.63, 3.8) is 0 Å². The molecule has 0 bridgehead atoms. The fraction of sp³-hybridized carbons (Fsp3) is 0.235. The third-order valence-electron chi connectivity index (χ3n) is 3.08. The Labute approximate surface area is 130 Å². The number of pyridine rings is 1.